The summed E-state index contributed by atoms with van der Waals surface area (Å²) in [5.41, 5.74) is 0.664. The summed E-state index contributed by atoms with van der Waals surface area (Å²) < 4.78 is 0. The second-order valence-electron chi connectivity index (χ2n) is 4.36. The molecule has 0 spiro atoms. The van der Waals surface area contributed by atoms with Gasteiger partial charge in [-0.15, -0.1) is 0 Å². The number of aliphatic hydroxyl groups excluding tert-OH is 1. The number of aliphatic hydroxyl groups is 1. The van der Waals surface area contributed by atoms with Gasteiger partial charge in [-0.2, -0.15) is 0 Å². The van der Waals surface area contributed by atoms with Gasteiger partial charge >= 0.3 is 0 Å². The number of nitrogens with zero attached hydrogens (tertiary/aromatic N) is 1. The molecule has 1 rings (SSSR count). The lowest BCUT2D eigenvalue weighted by Gasteiger charge is -2.13. The Morgan fingerprint density at radius 2 is 1.85 bits per heavy atom. The Labute approximate surface area is 130 Å². The number of hydrogen-bond acceptors (Lipinski definition) is 2. The van der Waals surface area contributed by atoms with E-state index >= 15 is 0 Å². The van der Waals surface area contributed by atoms with Crippen molar-refractivity contribution in [2.45, 2.75) is 26.4 Å². The third-order valence-corrected chi connectivity index (χ3v) is 3.02. The zero-order chi connectivity index (χ0) is 15.0. The lowest BCUT2D eigenvalue weighted by atomic mass is 10.1. The van der Waals surface area contributed by atoms with Crippen molar-refractivity contribution >= 4 is 29.2 Å². The predicted molar refractivity (Wildman–Crippen MR) is 85.7 cm³/mol. The number of benzene rings is 1. The fraction of sp³-hybridized carbons (Fsp3) is 0.500. The van der Waals surface area contributed by atoms with E-state index in [-0.39, 0.29) is 6.54 Å². The minimum Gasteiger partial charge on any atom is -0.386 e. The van der Waals surface area contributed by atoms with Gasteiger partial charge in [0, 0.05) is 23.1 Å². The van der Waals surface area contributed by atoms with Crippen LogP contribution in [0.3, 0.4) is 0 Å². The molecule has 0 saturated carbocycles. The fourth-order valence-electron chi connectivity index (χ4n) is 1.64. The van der Waals surface area contributed by atoms with E-state index < -0.39 is 6.10 Å². The minimum absolute atomic E-state index is 0.246. The van der Waals surface area contributed by atoms with Crippen molar-refractivity contribution in [2.75, 3.05) is 19.6 Å². The molecule has 0 radical (unpaired) electrons. The third kappa shape index (κ3) is 5.99. The van der Waals surface area contributed by atoms with Crippen LogP contribution < -0.4 is 10.6 Å². The normalized spacial score (nSPS) is 13.2. The number of hydrogen-bond donors (Lipinski definition) is 3. The molecular weight excluding hydrogens is 297 g/mol. The predicted octanol–water partition coefficient (Wildman–Crippen LogP) is 2.99. The molecular formula is C14H21Cl2N3O. The van der Waals surface area contributed by atoms with Gasteiger partial charge in [-0.1, -0.05) is 30.1 Å². The van der Waals surface area contributed by atoms with Gasteiger partial charge in [0.2, 0.25) is 0 Å². The molecule has 4 nitrogen and oxygen atoms in total. The maximum Gasteiger partial charge on any atom is 0.191 e. The fourth-order valence-corrected chi connectivity index (χ4v) is 2.18. The molecule has 0 fully saturated rings. The SMILES string of the molecule is CCCNC(=NCC(O)c1cc(Cl)cc(Cl)c1)NCC. The van der Waals surface area contributed by atoms with E-state index in [1.165, 1.54) is 0 Å². The number of halogens is 2. The number of nitrogens with one attached hydrogen (secondary N) is 2. The lowest BCUT2D eigenvalue weighted by molar-refractivity contribution is 0.187. The highest BCUT2D eigenvalue weighted by Gasteiger charge is 2.09. The average molecular weight is 318 g/mol. The van der Waals surface area contributed by atoms with E-state index in [1.54, 1.807) is 18.2 Å². The van der Waals surface area contributed by atoms with Gasteiger partial charge < -0.3 is 15.7 Å². The highest BCUT2D eigenvalue weighted by atomic mass is 35.5. The van der Waals surface area contributed by atoms with Crippen molar-refractivity contribution in [1.82, 2.24) is 10.6 Å². The van der Waals surface area contributed by atoms with E-state index in [0.717, 1.165) is 19.5 Å². The molecule has 0 aliphatic carbocycles. The first-order valence-electron chi connectivity index (χ1n) is 6.73. The molecule has 112 valence electrons. The van der Waals surface area contributed by atoms with Gasteiger partial charge in [-0.05, 0) is 37.1 Å². The molecule has 1 atom stereocenters. The van der Waals surface area contributed by atoms with Gasteiger partial charge in [0.05, 0.1) is 12.6 Å². The zero-order valence-corrected chi connectivity index (χ0v) is 13.3. The number of rotatable bonds is 6. The van der Waals surface area contributed by atoms with E-state index in [1.807, 2.05) is 6.92 Å². The topological polar surface area (TPSA) is 56.7 Å². The summed E-state index contributed by atoms with van der Waals surface area (Å²) in [5.74, 6) is 0.696. The molecule has 0 heterocycles. The van der Waals surface area contributed by atoms with E-state index in [4.69, 9.17) is 23.2 Å². The second-order valence-corrected chi connectivity index (χ2v) is 5.24. The van der Waals surface area contributed by atoms with Crippen LogP contribution >= 0.6 is 23.2 Å². The second kappa shape index (κ2) is 9.06. The average Bonchev–Trinajstić information content (AvgIpc) is 2.40. The van der Waals surface area contributed by atoms with Gasteiger partial charge in [0.1, 0.15) is 0 Å². The first-order valence-corrected chi connectivity index (χ1v) is 7.48. The van der Waals surface area contributed by atoms with Gasteiger partial charge in [-0.3, -0.25) is 4.99 Å². The van der Waals surface area contributed by atoms with Crippen LogP contribution in [0.4, 0.5) is 0 Å². The summed E-state index contributed by atoms with van der Waals surface area (Å²) in [6.45, 7) is 5.94. The summed E-state index contributed by atoms with van der Waals surface area (Å²) in [7, 11) is 0. The molecule has 1 aromatic carbocycles. The standard InChI is InChI=1S/C14H21Cl2N3O/c1-3-5-18-14(17-4-2)19-9-13(20)10-6-11(15)8-12(16)7-10/h6-8,13,20H,3-5,9H2,1-2H3,(H2,17,18,19). The summed E-state index contributed by atoms with van der Waals surface area (Å²) in [6, 6.07) is 5.02. The molecule has 0 aliphatic rings. The van der Waals surface area contributed by atoms with Crippen molar-refractivity contribution in [3.05, 3.63) is 33.8 Å². The van der Waals surface area contributed by atoms with Crippen LogP contribution in [0.1, 0.15) is 31.9 Å². The highest BCUT2D eigenvalue weighted by Crippen LogP contribution is 2.23. The molecule has 20 heavy (non-hydrogen) atoms. The number of guanidine groups is 1. The first-order chi connectivity index (χ1) is 9.56. The largest absolute Gasteiger partial charge is 0.386 e. The van der Waals surface area contributed by atoms with Crippen LogP contribution in [0.2, 0.25) is 10.0 Å². The number of aliphatic imine (C=N–C) groups is 1. The monoisotopic (exact) mass is 317 g/mol. The van der Waals surface area contributed by atoms with E-state index in [0.29, 0.717) is 21.6 Å². The van der Waals surface area contributed by atoms with Crippen LogP contribution in [-0.4, -0.2) is 30.7 Å². The Balaban J connectivity index is 2.69. The molecule has 0 aliphatic heterocycles. The molecule has 0 saturated heterocycles. The quantitative estimate of drug-likeness (QED) is 0.558. The molecule has 1 unspecified atom stereocenters. The summed E-state index contributed by atoms with van der Waals surface area (Å²) >= 11 is 11.8. The molecule has 0 aromatic heterocycles. The molecule has 0 bridgehead atoms. The Hall–Kier alpha value is -0.970. The zero-order valence-electron chi connectivity index (χ0n) is 11.8. The third-order valence-electron chi connectivity index (χ3n) is 2.58. The molecule has 0 amide bonds. The van der Waals surface area contributed by atoms with Crippen molar-refractivity contribution in [1.29, 1.82) is 0 Å². The molecule has 6 heteroatoms. The Morgan fingerprint density at radius 1 is 1.20 bits per heavy atom. The summed E-state index contributed by atoms with van der Waals surface area (Å²) in [5, 5.41) is 17.4. The maximum atomic E-state index is 10.1. The van der Waals surface area contributed by atoms with Crippen molar-refractivity contribution in [2.24, 2.45) is 4.99 Å². The summed E-state index contributed by atoms with van der Waals surface area (Å²) in [4.78, 5) is 4.34. The minimum atomic E-state index is -0.733. The first kappa shape index (κ1) is 17.1. The van der Waals surface area contributed by atoms with E-state index in [9.17, 15) is 5.11 Å². The van der Waals surface area contributed by atoms with Gasteiger partial charge in [0.25, 0.3) is 0 Å². The van der Waals surface area contributed by atoms with E-state index in [2.05, 4.69) is 22.5 Å². The van der Waals surface area contributed by atoms with Crippen molar-refractivity contribution in [3.8, 4) is 0 Å². The summed E-state index contributed by atoms with van der Waals surface area (Å²) in [6.07, 6.45) is 0.278. The Kier molecular flexibility index (Phi) is 7.73. The van der Waals surface area contributed by atoms with Crippen LogP contribution in [-0.2, 0) is 0 Å². The van der Waals surface area contributed by atoms with Gasteiger partial charge in [-0.25, -0.2) is 0 Å². The maximum absolute atomic E-state index is 10.1. The smallest absolute Gasteiger partial charge is 0.191 e. The lowest BCUT2D eigenvalue weighted by Crippen LogP contribution is -2.37. The Morgan fingerprint density at radius 3 is 2.40 bits per heavy atom. The van der Waals surface area contributed by atoms with Crippen molar-refractivity contribution < 1.29 is 5.11 Å². The van der Waals surface area contributed by atoms with Crippen molar-refractivity contribution in [3.63, 3.8) is 0 Å². The van der Waals surface area contributed by atoms with Crippen LogP contribution in [0, 0.1) is 0 Å². The molecule has 3 N–H and O–H groups in total. The molecule has 1 aromatic rings. The van der Waals surface area contributed by atoms with Gasteiger partial charge in [0.15, 0.2) is 5.96 Å². The van der Waals surface area contributed by atoms with Crippen LogP contribution in [0.25, 0.3) is 0 Å². The Bertz CT molecular complexity index is 432. The van der Waals surface area contributed by atoms with Crippen LogP contribution in [0.5, 0.6) is 0 Å². The van der Waals surface area contributed by atoms with Crippen LogP contribution in [0.15, 0.2) is 23.2 Å². The highest BCUT2D eigenvalue weighted by molar-refractivity contribution is 6.34.